The van der Waals surface area contributed by atoms with Crippen molar-refractivity contribution in [2.24, 2.45) is 0 Å². The third kappa shape index (κ3) is 1.71. The van der Waals surface area contributed by atoms with Gasteiger partial charge in [-0.15, -0.1) is 0 Å². The van der Waals surface area contributed by atoms with Crippen LogP contribution in [0.2, 0.25) is 0 Å². The number of nitrogens with one attached hydrogen (secondary N) is 1. The molecular weight excluding hydrogens is 234 g/mol. The molecule has 1 aromatic rings. The van der Waals surface area contributed by atoms with Crippen molar-refractivity contribution in [3.8, 4) is 0 Å². The van der Waals surface area contributed by atoms with Crippen molar-refractivity contribution in [2.45, 2.75) is 6.92 Å². The normalized spacial score (nSPS) is 17.8. The predicted octanol–water partition coefficient (Wildman–Crippen LogP) is 1.16. The highest BCUT2D eigenvalue weighted by Gasteiger charge is 2.18. The molecule has 1 fully saturated rings. The van der Waals surface area contributed by atoms with Crippen molar-refractivity contribution >= 4 is 21.8 Å². The predicted molar refractivity (Wildman–Crippen MR) is 54.0 cm³/mol. The average Bonchev–Trinajstić information content (AvgIpc) is 2.49. The molecule has 1 aliphatic rings. The number of nitrogens with zero attached hydrogens (tertiary/aromatic N) is 2. The molecule has 13 heavy (non-hydrogen) atoms. The molecule has 0 unspecified atom stereocenters. The standard InChI is InChI=1S/C8H12BrN3O/c1-6-7(9)8(13-11-6)12-4-2-10-3-5-12/h10H,2-5H2,1H3. The van der Waals surface area contributed by atoms with Gasteiger partial charge >= 0.3 is 0 Å². The second-order valence-corrected chi connectivity index (χ2v) is 3.92. The van der Waals surface area contributed by atoms with Gasteiger partial charge in [0.1, 0.15) is 4.47 Å². The Balaban J connectivity index is 2.18. The highest BCUT2D eigenvalue weighted by Crippen LogP contribution is 2.29. The van der Waals surface area contributed by atoms with Crippen molar-refractivity contribution in [3.05, 3.63) is 10.2 Å². The monoisotopic (exact) mass is 245 g/mol. The molecule has 4 nitrogen and oxygen atoms in total. The van der Waals surface area contributed by atoms with Crippen molar-refractivity contribution in [2.75, 3.05) is 31.1 Å². The summed E-state index contributed by atoms with van der Waals surface area (Å²) in [5, 5.41) is 7.20. The summed E-state index contributed by atoms with van der Waals surface area (Å²) in [7, 11) is 0. The molecule has 0 amide bonds. The Labute approximate surface area is 85.4 Å². The zero-order valence-electron chi connectivity index (χ0n) is 7.51. The Hall–Kier alpha value is -0.550. The first-order valence-electron chi connectivity index (χ1n) is 4.36. The summed E-state index contributed by atoms with van der Waals surface area (Å²) in [6, 6.07) is 0. The first kappa shape index (κ1) is 9.02. The number of aryl methyl sites for hydroxylation is 1. The molecule has 0 radical (unpaired) electrons. The molecule has 0 aromatic carbocycles. The summed E-state index contributed by atoms with van der Waals surface area (Å²) >= 11 is 3.47. The molecule has 2 heterocycles. The summed E-state index contributed by atoms with van der Waals surface area (Å²) in [4.78, 5) is 2.20. The van der Waals surface area contributed by atoms with E-state index < -0.39 is 0 Å². The van der Waals surface area contributed by atoms with Crippen molar-refractivity contribution < 1.29 is 4.52 Å². The maximum atomic E-state index is 5.24. The smallest absolute Gasteiger partial charge is 0.241 e. The fraction of sp³-hybridized carbons (Fsp3) is 0.625. The maximum Gasteiger partial charge on any atom is 0.241 e. The second kappa shape index (κ2) is 3.67. The van der Waals surface area contributed by atoms with Gasteiger partial charge in [0, 0.05) is 26.2 Å². The van der Waals surface area contributed by atoms with Crippen LogP contribution in [0.1, 0.15) is 5.69 Å². The van der Waals surface area contributed by atoms with Crippen LogP contribution in [0.5, 0.6) is 0 Å². The molecule has 0 saturated carbocycles. The largest absolute Gasteiger partial charge is 0.337 e. The lowest BCUT2D eigenvalue weighted by Crippen LogP contribution is -2.43. The highest BCUT2D eigenvalue weighted by molar-refractivity contribution is 9.10. The molecule has 0 spiro atoms. The summed E-state index contributed by atoms with van der Waals surface area (Å²) in [6.45, 7) is 5.90. The van der Waals surface area contributed by atoms with Gasteiger partial charge in [0.2, 0.25) is 5.88 Å². The van der Waals surface area contributed by atoms with Crippen LogP contribution in [0.15, 0.2) is 9.00 Å². The molecule has 1 aliphatic heterocycles. The maximum absolute atomic E-state index is 5.24. The zero-order chi connectivity index (χ0) is 9.26. The van der Waals surface area contributed by atoms with Crippen LogP contribution in [0, 0.1) is 6.92 Å². The van der Waals surface area contributed by atoms with Crippen LogP contribution in [0.4, 0.5) is 5.88 Å². The van der Waals surface area contributed by atoms with Crippen LogP contribution in [0.3, 0.4) is 0 Å². The molecule has 1 N–H and O–H groups in total. The molecule has 72 valence electrons. The molecular formula is C8H12BrN3O. The molecule has 1 saturated heterocycles. The van der Waals surface area contributed by atoms with Gasteiger partial charge in [-0.25, -0.2) is 0 Å². The van der Waals surface area contributed by atoms with E-state index in [2.05, 4.69) is 31.3 Å². The van der Waals surface area contributed by atoms with Crippen LogP contribution in [-0.2, 0) is 0 Å². The number of halogens is 1. The molecule has 1 aromatic heterocycles. The van der Waals surface area contributed by atoms with E-state index in [0.29, 0.717) is 0 Å². The highest BCUT2D eigenvalue weighted by atomic mass is 79.9. The average molecular weight is 246 g/mol. The van der Waals surface area contributed by atoms with E-state index in [-0.39, 0.29) is 0 Å². The second-order valence-electron chi connectivity index (χ2n) is 3.12. The van der Waals surface area contributed by atoms with E-state index in [4.69, 9.17) is 4.52 Å². The van der Waals surface area contributed by atoms with Crippen LogP contribution >= 0.6 is 15.9 Å². The third-order valence-corrected chi connectivity index (χ3v) is 3.09. The van der Waals surface area contributed by atoms with Gasteiger partial charge in [0.05, 0.1) is 5.69 Å². The van der Waals surface area contributed by atoms with Gasteiger partial charge in [-0.3, -0.25) is 0 Å². The first-order chi connectivity index (χ1) is 6.29. The molecule has 0 aliphatic carbocycles. The van der Waals surface area contributed by atoms with Gasteiger partial charge in [-0.2, -0.15) is 0 Å². The van der Waals surface area contributed by atoms with Crippen molar-refractivity contribution in [1.82, 2.24) is 10.5 Å². The minimum atomic E-state index is 0.860. The molecule has 2 rings (SSSR count). The number of hydrogen-bond donors (Lipinski definition) is 1. The number of aromatic nitrogens is 1. The quantitative estimate of drug-likeness (QED) is 0.807. The lowest BCUT2D eigenvalue weighted by molar-refractivity contribution is 0.403. The number of piperazine rings is 1. The van der Waals surface area contributed by atoms with Crippen LogP contribution in [0.25, 0.3) is 0 Å². The van der Waals surface area contributed by atoms with E-state index in [1.807, 2.05) is 6.92 Å². The molecule has 5 heteroatoms. The van der Waals surface area contributed by atoms with E-state index in [1.54, 1.807) is 0 Å². The third-order valence-electron chi connectivity index (χ3n) is 2.18. The minimum absolute atomic E-state index is 0.860. The van der Waals surface area contributed by atoms with Crippen LogP contribution in [-0.4, -0.2) is 31.3 Å². The first-order valence-corrected chi connectivity index (χ1v) is 5.16. The fourth-order valence-electron chi connectivity index (χ4n) is 1.41. The van der Waals surface area contributed by atoms with Crippen molar-refractivity contribution in [3.63, 3.8) is 0 Å². The van der Waals surface area contributed by atoms with Crippen molar-refractivity contribution in [1.29, 1.82) is 0 Å². The SMILES string of the molecule is Cc1noc(N2CCNCC2)c1Br. The summed E-state index contributed by atoms with van der Waals surface area (Å²) in [6.07, 6.45) is 0. The van der Waals surface area contributed by atoms with Gasteiger partial charge in [0.15, 0.2) is 0 Å². The lowest BCUT2D eigenvalue weighted by atomic mass is 10.3. The summed E-state index contributed by atoms with van der Waals surface area (Å²) < 4.78 is 6.22. The Kier molecular flexibility index (Phi) is 2.55. The van der Waals surface area contributed by atoms with E-state index in [0.717, 1.165) is 42.2 Å². The van der Waals surface area contributed by atoms with E-state index in [9.17, 15) is 0 Å². The van der Waals surface area contributed by atoms with Gasteiger partial charge < -0.3 is 14.7 Å². The summed E-state index contributed by atoms with van der Waals surface area (Å²) in [5.74, 6) is 0.860. The van der Waals surface area contributed by atoms with E-state index in [1.165, 1.54) is 0 Å². The topological polar surface area (TPSA) is 41.3 Å². The van der Waals surface area contributed by atoms with Crippen LogP contribution < -0.4 is 10.2 Å². The Bertz CT molecular complexity index is 294. The zero-order valence-corrected chi connectivity index (χ0v) is 9.10. The molecule has 0 bridgehead atoms. The van der Waals surface area contributed by atoms with Gasteiger partial charge in [-0.05, 0) is 22.9 Å². The van der Waals surface area contributed by atoms with E-state index >= 15 is 0 Å². The number of hydrogen-bond acceptors (Lipinski definition) is 4. The number of anilines is 1. The minimum Gasteiger partial charge on any atom is -0.337 e. The Morgan fingerprint density at radius 3 is 2.69 bits per heavy atom. The van der Waals surface area contributed by atoms with Gasteiger partial charge in [-0.1, -0.05) is 5.16 Å². The lowest BCUT2D eigenvalue weighted by Gasteiger charge is -2.26. The molecule has 0 atom stereocenters. The Morgan fingerprint density at radius 2 is 2.15 bits per heavy atom. The number of rotatable bonds is 1. The van der Waals surface area contributed by atoms with Gasteiger partial charge in [0.25, 0.3) is 0 Å². The summed E-state index contributed by atoms with van der Waals surface area (Å²) in [5.41, 5.74) is 0.911. The fourth-order valence-corrected chi connectivity index (χ4v) is 1.81. The Morgan fingerprint density at radius 1 is 1.46 bits per heavy atom.